The maximum absolute atomic E-state index is 12.3. The summed E-state index contributed by atoms with van der Waals surface area (Å²) in [4.78, 5) is 2.32. The Morgan fingerprint density at radius 1 is 1.29 bits per heavy atom. The highest BCUT2D eigenvalue weighted by molar-refractivity contribution is 7.89. The highest BCUT2D eigenvalue weighted by Gasteiger charge is 2.17. The smallest absolute Gasteiger partial charge is 0.240 e. The van der Waals surface area contributed by atoms with Crippen LogP contribution in [-0.2, 0) is 10.0 Å². The predicted molar refractivity (Wildman–Crippen MR) is 85.4 cm³/mol. The van der Waals surface area contributed by atoms with Gasteiger partial charge in [-0.15, -0.1) is 0 Å². The molecule has 120 valence electrons. The van der Waals surface area contributed by atoms with E-state index in [1.165, 1.54) is 0 Å². The molecule has 0 heterocycles. The van der Waals surface area contributed by atoms with E-state index >= 15 is 0 Å². The normalized spacial score (nSPS) is 12.1. The second-order valence-electron chi connectivity index (χ2n) is 5.61. The predicted octanol–water partition coefficient (Wildman–Crippen LogP) is 2.05. The van der Waals surface area contributed by atoms with Crippen LogP contribution in [-0.4, -0.2) is 47.6 Å². The summed E-state index contributed by atoms with van der Waals surface area (Å²) in [6.45, 7) is 5.31. The van der Waals surface area contributed by atoms with Crippen molar-refractivity contribution in [1.82, 2.24) is 9.62 Å². The number of nitrogens with one attached hydrogen (secondary N) is 1. The highest BCUT2D eigenvalue weighted by atomic mass is 32.2. The fraction of sp³-hybridized carbons (Fsp3) is 0.600. The zero-order valence-electron chi connectivity index (χ0n) is 13.5. The third-order valence-electron chi connectivity index (χ3n) is 3.21. The zero-order valence-corrected chi connectivity index (χ0v) is 14.3. The first-order chi connectivity index (χ1) is 9.77. The second-order valence-corrected chi connectivity index (χ2v) is 7.38. The molecular formula is C15H26N2O3S. The minimum absolute atomic E-state index is 0.198. The lowest BCUT2D eigenvalue weighted by Crippen LogP contribution is -2.27. The molecule has 1 aromatic carbocycles. The van der Waals surface area contributed by atoms with Gasteiger partial charge in [0.15, 0.2) is 0 Å². The summed E-state index contributed by atoms with van der Waals surface area (Å²) >= 11 is 0. The van der Waals surface area contributed by atoms with Gasteiger partial charge < -0.3 is 9.64 Å². The van der Waals surface area contributed by atoms with Crippen molar-refractivity contribution in [2.45, 2.75) is 31.1 Å². The molecule has 0 aliphatic rings. The monoisotopic (exact) mass is 314 g/mol. The van der Waals surface area contributed by atoms with Crippen LogP contribution >= 0.6 is 0 Å². The minimum Gasteiger partial charge on any atom is -0.496 e. The van der Waals surface area contributed by atoms with Gasteiger partial charge in [0, 0.05) is 6.54 Å². The van der Waals surface area contributed by atoms with E-state index in [-0.39, 0.29) is 10.8 Å². The van der Waals surface area contributed by atoms with Crippen molar-refractivity contribution < 1.29 is 13.2 Å². The molecule has 1 rings (SSSR count). The Morgan fingerprint density at radius 2 is 1.95 bits per heavy atom. The first kappa shape index (κ1) is 17.9. The van der Waals surface area contributed by atoms with Crippen molar-refractivity contribution >= 4 is 10.0 Å². The van der Waals surface area contributed by atoms with Crippen LogP contribution in [0.1, 0.15) is 31.7 Å². The van der Waals surface area contributed by atoms with Crippen LogP contribution in [0.15, 0.2) is 23.1 Å². The van der Waals surface area contributed by atoms with Gasteiger partial charge in [0.1, 0.15) is 5.75 Å². The minimum atomic E-state index is -3.46. The van der Waals surface area contributed by atoms with E-state index in [0.717, 1.165) is 24.3 Å². The molecule has 0 aromatic heterocycles. The molecule has 0 aliphatic carbocycles. The average molecular weight is 314 g/mol. The topological polar surface area (TPSA) is 58.6 Å². The van der Waals surface area contributed by atoms with Gasteiger partial charge in [-0.1, -0.05) is 13.8 Å². The first-order valence-corrected chi connectivity index (χ1v) is 8.58. The van der Waals surface area contributed by atoms with Crippen LogP contribution in [0.2, 0.25) is 0 Å². The van der Waals surface area contributed by atoms with E-state index in [1.807, 2.05) is 32.8 Å². The van der Waals surface area contributed by atoms with E-state index in [1.54, 1.807) is 25.3 Å². The number of benzene rings is 1. The standard InChI is InChI=1S/C15H26N2O3S/c1-12(2)14-11-13(7-8-15(14)20-5)21(18,19)16-9-6-10-17(3)4/h7-8,11-12,16H,6,9-10H2,1-5H3. The molecule has 0 atom stereocenters. The molecule has 6 heteroatoms. The van der Waals surface area contributed by atoms with Crippen LogP contribution in [0.5, 0.6) is 5.75 Å². The quantitative estimate of drug-likeness (QED) is 0.746. The zero-order chi connectivity index (χ0) is 16.0. The SMILES string of the molecule is COc1ccc(S(=O)(=O)NCCCN(C)C)cc1C(C)C. The van der Waals surface area contributed by atoms with Gasteiger partial charge in [-0.3, -0.25) is 0 Å². The number of methoxy groups -OCH3 is 1. The van der Waals surface area contributed by atoms with Crippen LogP contribution in [0, 0.1) is 0 Å². The van der Waals surface area contributed by atoms with E-state index in [2.05, 4.69) is 4.72 Å². The average Bonchev–Trinajstić information content (AvgIpc) is 2.42. The first-order valence-electron chi connectivity index (χ1n) is 7.10. The van der Waals surface area contributed by atoms with Gasteiger partial charge in [-0.2, -0.15) is 0 Å². The van der Waals surface area contributed by atoms with E-state index in [4.69, 9.17) is 4.74 Å². The summed E-state index contributed by atoms with van der Waals surface area (Å²) in [5, 5.41) is 0. The van der Waals surface area contributed by atoms with Crippen LogP contribution < -0.4 is 9.46 Å². The summed E-state index contributed by atoms with van der Waals surface area (Å²) in [7, 11) is 2.06. The molecule has 0 bridgehead atoms. The van der Waals surface area contributed by atoms with Crippen molar-refractivity contribution in [2.24, 2.45) is 0 Å². The number of hydrogen-bond acceptors (Lipinski definition) is 4. The summed E-state index contributed by atoms with van der Waals surface area (Å²) in [6, 6.07) is 4.99. The molecule has 0 unspecified atom stereocenters. The molecular weight excluding hydrogens is 288 g/mol. The number of ether oxygens (including phenoxy) is 1. The number of rotatable bonds is 8. The lowest BCUT2D eigenvalue weighted by molar-refractivity contribution is 0.400. The molecule has 0 saturated heterocycles. The molecule has 0 radical (unpaired) electrons. The van der Waals surface area contributed by atoms with Crippen molar-refractivity contribution in [2.75, 3.05) is 34.3 Å². The molecule has 1 N–H and O–H groups in total. The largest absolute Gasteiger partial charge is 0.496 e. The molecule has 0 saturated carbocycles. The number of nitrogens with zero attached hydrogens (tertiary/aromatic N) is 1. The molecule has 0 amide bonds. The van der Waals surface area contributed by atoms with Crippen molar-refractivity contribution in [3.05, 3.63) is 23.8 Å². The fourth-order valence-corrected chi connectivity index (χ4v) is 3.12. The Labute approximate surface area is 128 Å². The molecule has 0 aliphatic heterocycles. The maximum atomic E-state index is 12.3. The number of hydrogen-bond donors (Lipinski definition) is 1. The van der Waals surface area contributed by atoms with E-state index < -0.39 is 10.0 Å². The maximum Gasteiger partial charge on any atom is 0.240 e. The summed E-state index contributed by atoms with van der Waals surface area (Å²) < 4.78 is 32.5. The molecule has 0 fully saturated rings. The van der Waals surface area contributed by atoms with Crippen LogP contribution in [0.4, 0.5) is 0 Å². The Bertz CT molecular complexity index is 554. The van der Waals surface area contributed by atoms with Crippen molar-refractivity contribution in [3.63, 3.8) is 0 Å². The van der Waals surface area contributed by atoms with Gasteiger partial charge in [0.05, 0.1) is 12.0 Å². The number of sulfonamides is 1. The summed E-state index contributed by atoms with van der Waals surface area (Å²) in [5.41, 5.74) is 0.897. The Hall–Kier alpha value is -1.11. The molecule has 1 aromatic rings. The Balaban J connectivity index is 2.86. The van der Waals surface area contributed by atoms with Crippen molar-refractivity contribution in [1.29, 1.82) is 0 Å². The third kappa shape index (κ3) is 5.30. The summed E-state index contributed by atoms with van der Waals surface area (Å²) in [5.74, 6) is 0.917. The van der Waals surface area contributed by atoms with Crippen LogP contribution in [0.25, 0.3) is 0 Å². The second kappa shape index (κ2) is 7.77. The van der Waals surface area contributed by atoms with Gasteiger partial charge in [0.25, 0.3) is 0 Å². The van der Waals surface area contributed by atoms with E-state index in [9.17, 15) is 8.42 Å². The summed E-state index contributed by atoms with van der Waals surface area (Å²) in [6.07, 6.45) is 0.777. The van der Waals surface area contributed by atoms with Gasteiger partial charge >= 0.3 is 0 Å². The van der Waals surface area contributed by atoms with Gasteiger partial charge in [-0.25, -0.2) is 13.1 Å². The lowest BCUT2D eigenvalue weighted by atomic mass is 10.0. The van der Waals surface area contributed by atoms with Gasteiger partial charge in [0.2, 0.25) is 10.0 Å². The van der Waals surface area contributed by atoms with Crippen molar-refractivity contribution in [3.8, 4) is 5.75 Å². The van der Waals surface area contributed by atoms with Gasteiger partial charge in [-0.05, 0) is 56.7 Å². The lowest BCUT2D eigenvalue weighted by Gasteiger charge is -2.14. The van der Waals surface area contributed by atoms with Crippen LogP contribution in [0.3, 0.4) is 0 Å². The third-order valence-corrected chi connectivity index (χ3v) is 4.67. The van der Waals surface area contributed by atoms with E-state index in [0.29, 0.717) is 6.54 Å². The Morgan fingerprint density at radius 3 is 2.48 bits per heavy atom. The molecule has 5 nitrogen and oxygen atoms in total. The molecule has 21 heavy (non-hydrogen) atoms. The fourth-order valence-electron chi connectivity index (χ4n) is 2.02. The highest BCUT2D eigenvalue weighted by Crippen LogP contribution is 2.28. The molecule has 0 spiro atoms. The Kier molecular flexibility index (Phi) is 6.64.